The Labute approximate surface area is 117 Å². The molecule has 0 amide bonds. The zero-order chi connectivity index (χ0) is 15.5. The van der Waals surface area contributed by atoms with E-state index >= 15 is 0 Å². The zero-order valence-corrected chi connectivity index (χ0v) is 11.1. The molecule has 0 fully saturated rings. The molecule has 0 saturated carbocycles. The highest BCUT2D eigenvalue weighted by Gasteiger charge is 2.34. The normalized spacial score (nSPS) is 14.8. The predicted octanol–water partition coefficient (Wildman–Crippen LogP) is 3.26. The van der Waals surface area contributed by atoms with E-state index in [-0.39, 0.29) is 12.2 Å². The Morgan fingerprint density at radius 1 is 1.45 bits per heavy atom. The molecule has 0 aliphatic rings. The Morgan fingerprint density at radius 2 is 2.05 bits per heavy atom. The van der Waals surface area contributed by atoms with Gasteiger partial charge in [0, 0.05) is 0 Å². The molecule has 3 nitrogen and oxygen atoms in total. The number of rotatable bonds is 4. The van der Waals surface area contributed by atoms with Crippen LogP contribution in [0.25, 0.3) is 0 Å². The van der Waals surface area contributed by atoms with Crippen LogP contribution in [0, 0.1) is 0 Å². The van der Waals surface area contributed by atoms with E-state index in [2.05, 4.69) is 4.74 Å². The first-order chi connectivity index (χ1) is 9.18. The van der Waals surface area contributed by atoms with Gasteiger partial charge >= 0.3 is 12.1 Å². The van der Waals surface area contributed by atoms with Gasteiger partial charge in [-0.05, 0) is 24.6 Å². The van der Waals surface area contributed by atoms with Gasteiger partial charge in [-0.2, -0.15) is 13.2 Å². The molecular weight excluding hydrogens is 302 g/mol. The average molecular weight is 314 g/mol. The van der Waals surface area contributed by atoms with Crippen LogP contribution in [0.2, 0.25) is 5.02 Å². The minimum atomic E-state index is -4.62. The van der Waals surface area contributed by atoms with Crippen molar-refractivity contribution in [1.29, 1.82) is 0 Å². The second-order valence-electron chi connectivity index (χ2n) is 3.92. The molecule has 0 spiro atoms. The molecule has 1 aromatic rings. The summed E-state index contributed by atoms with van der Waals surface area (Å²) in [7, 11) is 0. The van der Waals surface area contributed by atoms with Crippen molar-refractivity contribution < 1.29 is 27.1 Å². The molecule has 0 aliphatic heterocycles. The van der Waals surface area contributed by atoms with Gasteiger partial charge in [0.25, 0.3) is 0 Å². The average Bonchev–Trinajstić information content (AvgIpc) is 2.35. The van der Waals surface area contributed by atoms with Gasteiger partial charge in [0.15, 0.2) is 0 Å². The first-order valence-electron chi connectivity index (χ1n) is 5.61. The second-order valence-corrected chi connectivity index (χ2v) is 4.32. The van der Waals surface area contributed by atoms with Gasteiger partial charge in [-0.3, -0.25) is 0 Å². The van der Waals surface area contributed by atoms with Crippen LogP contribution in [0.4, 0.5) is 17.6 Å². The Bertz CT molecular complexity index is 493. The Kier molecular flexibility index (Phi) is 5.35. The molecule has 0 aromatic heterocycles. The molecule has 0 radical (unpaired) electrons. The van der Waals surface area contributed by atoms with Gasteiger partial charge in [0.1, 0.15) is 0 Å². The summed E-state index contributed by atoms with van der Waals surface area (Å²) < 4.78 is 55.6. The maximum Gasteiger partial charge on any atom is 0.417 e. The zero-order valence-electron chi connectivity index (χ0n) is 10.4. The van der Waals surface area contributed by atoms with Gasteiger partial charge < -0.3 is 10.5 Å². The van der Waals surface area contributed by atoms with Crippen molar-refractivity contribution in [1.82, 2.24) is 0 Å². The molecule has 0 aliphatic carbocycles. The molecule has 20 heavy (non-hydrogen) atoms. The summed E-state index contributed by atoms with van der Waals surface area (Å²) in [6.07, 6.45) is -6.79. The van der Waals surface area contributed by atoms with Crippen molar-refractivity contribution in [2.24, 2.45) is 5.73 Å². The molecular formula is C12H12ClF4NO2. The third-order valence-electron chi connectivity index (χ3n) is 2.51. The largest absolute Gasteiger partial charge is 0.464 e. The number of hydrogen-bond acceptors (Lipinski definition) is 3. The maximum atomic E-state index is 13.7. The van der Waals surface area contributed by atoms with Crippen LogP contribution in [0.3, 0.4) is 0 Å². The number of esters is 1. The summed E-state index contributed by atoms with van der Waals surface area (Å²) in [6, 6.07) is 1.11. The number of carbonyl (C=O) groups is 1. The van der Waals surface area contributed by atoms with E-state index in [1.807, 2.05) is 0 Å². The van der Waals surface area contributed by atoms with Gasteiger partial charge in [-0.25, -0.2) is 9.18 Å². The van der Waals surface area contributed by atoms with Crippen molar-refractivity contribution in [2.75, 3.05) is 6.61 Å². The number of alkyl halides is 4. The lowest BCUT2D eigenvalue weighted by molar-refractivity contribution is -0.150. The molecule has 0 bridgehead atoms. The maximum absolute atomic E-state index is 13.7. The van der Waals surface area contributed by atoms with Crippen LogP contribution in [0.5, 0.6) is 0 Å². The van der Waals surface area contributed by atoms with Crippen LogP contribution >= 0.6 is 11.6 Å². The first kappa shape index (κ1) is 16.7. The fourth-order valence-electron chi connectivity index (χ4n) is 1.51. The molecule has 1 aromatic carbocycles. The molecule has 112 valence electrons. The fourth-order valence-corrected chi connectivity index (χ4v) is 1.80. The third-order valence-corrected chi connectivity index (χ3v) is 2.82. The quantitative estimate of drug-likeness (QED) is 0.685. The summed E-state index contributed by atoms with van der Waals surface area (Å²) in [4.78, 5) is 11.2. The van der Waals surface area contributed by atoms with Crippen LogP contribution in [0.15, 0.2) is 18.2 Å². The minimum absolute atomic E-state index is 0.0245. The van der Waals surface area contributed by atoms with Crippen molar-refractivity contribution in [3.8, 4) is 0 Å². The number of ether oxygens (including phenoxy) is 1. The van der Waals surface area contributed by atoms with Crippen LogP contribution in [-0.4, -0.2) is 18.7 Å². The summed E-state index contributed by atoms with van der Waals surface area (Å²) >= 11 is 5.49. The monoisotopic (exact) mass is 313 g/mol. The lowest BCUT2D eigenvalue weighted by Gasteiger charge is -2.17. The third kappa shape index (κ3) is 3.83. The number of nitrogens with two attached hydrogens (primary N) is 1. The lowest BCUT2D eigenvalue weighted by Crippen LogP contribution is -2.31. The van der Waals surface area contributed by atoms with Crippen LogP contribution in [-0.2, 0) is 15.7 Å². The number of benzene rings is 1. The van der Waals surface area contributed by atoms with Crippen molar-refractivity contribution in [3.05, 3.63) is 34.3 Å². The Hall–Kier alpha value is -1.34. The van der Waals surface area contributed by atoms with Gasteiger partial charge in [0.05, 0.1) is 23.2 Å². The van der Waals surface area contributed by atoms with Crippen LogP contribution < -0.4 is 5.73 Å². The van der Waals surface area contributed by atoms with Crippen molar-refractivity contribution >= 4 is 17.6 Å². The number of hydrogen-bond donors (Lipinski definition) is 1. The van der Waals surface area contributed by atoms with Gasteiger partial charge in [0.2, 0.25) is 6.17 Å². The van der Waals surface area contributed by atoms with Gasteiger partial charge in [-0.15, -0.1) is 0 Å². The summed E-state index contributed by atoms with van der Waals surface area (Å²) in [5.74, 6) is -1.17. The summed E-state index contributed by atoms with van der Waals surface area (Å²) in [5.41, 5.74) is 4.40. The highest BCUT2D eigenvalue weighted by molar-refractivity contribution is 6.31. The highest BCUT2D eigenvalue weighted by Crippen LogP contribution is 2.36. The smallest absolute Gasteiger partial charge is 0.417 e. The molecule has 1 rings (SSSR count). The van der Waals surface area contributed by atoms with E-state index in [9.17, 15) is 22.4 Å². The van der Waals surface area contributed by atoms with E-state index in [4.69, 9.17) is 17.3 Å². The molecule has 0 heterocycles. The second kappa shape index (κ2) is 6.41. The molecule has 8 heteroatoms. The van der Waals surface area contributed by atoms with Crippen molar-refractivity contribution in [3.63, 3.8) is 0 Å². The Morgan fingerprint density at radius 3 is 2.50 bits per heavy atom. The molecule has 1 unspecified atom stereocenters. The van der Waals surface area contributed by atoms with E-state index in [0.717, 1.165) is 12.1 Å². The SMILES string of the molecule is CCOC(=O)C(F)[C@@H](N)c1ccc(C(F)(F)F)c(Cl)c1. The standard InChI is InChI=1S/C12H12ClF4NO2/c1-2-20-11(19)9(14)10(18)6-3-4-7(8(13)5-6)12(15,16)17/h3-5,9-10H,2,18H2,1H3/t9?,10-/m0/s1. The first-order valence-corrected chi connectivity index (χ1v) is 5.99. The van der Waals surface area contributed by atoms with E-state index in [1.165, 1.54) is 6.92 Å². The van der Waals surface area contributed by atoms with Crippen molar-refractivity contribution in [2.45, 2.75) is 25.3 Å². The molecule has 2 atom stereocenters. The molecule has 0 saturated heterocycles. The number of carbonyl (C=O) groups excluding carboxylic acids is 1. The fraction of sp³-hybridized carbons (Fsp3) is 0.417. The van der Waals surface area contributed by atoms with E-state index in [1.54, 1.807) is 0 Å². The predicted molar refractivity (Wildman–Crippen MR) is 64.9 cm³/mol. The Balaban J connectivity index is 2.98. The topological polar surface area (TPSA) is 52.3 Å². The number of halogens is 5. The van der Waals surface area contributed by atoms with Gasteiger partial charge in [-0.1, -0.05) is 17.7 Å². The highest BCUT2D eigenvalue weighted by atomic mass is 35.5. The summed E-state index contributed by atoms with van der Waals surface area (Å²) in [5, 5.41) is -0.610. The van der Waals surface area contributed by atoms with E-state index < -0.39 is 34.9 Å². The molecule has 2 N–H and O–H groups in total. The minimum Gasteiger partial charge on any atom is -0.464 e. The van der Waals surface area contributed by atoms with E-state index in [0.29, 0.717) is 6.07 Å². The van der Waals surface area contributed by atoms with Crippen LogP contribution in [0.1, 0.15) is 24.1 Å². The summed E-state index contributed by atoms with van der Waals surface area (Å²) in [6.45, 7) is 1.46. The lowest BCUT2D eigenvalue weighted by atomic mass is 10.0.